The van der Waals surface area contributed by atoms with Gasteiger partial charge in [-0.25, -0.2) is 4.79 Å². The Labute approximate surface area is 147 Å². The summed E-state index contributed by atoms with van der Waals surface area (Å²) in [5.74, 6) is 1.68. The Hall–Kier alpha value is -2.62. The van der Waals surface area contributed by atoms with Gasteiger partial charge in [-0.1, -0.05) is 35.5 Å². The molecule has 4 heteroatoms. The fraction of sp³-hybridized carbons (Fsp3) is 0.333. The lowest BCUT2D eigenvalue weighted by atomic mass is 9.88. The fourth-order valence-corrected chi connectivity index (χ4v) is 3.63. The molecule has 2 aromatic rings. The van der Waals surface area contributed by atoms with E-state index in [9.17, 15) is 4.79 Å². The van der Waals surface area contributed by atoms with E-state index in [4.69, 9.17) is 9.25 Å². The van der Waals surface area contributed by atoms with Crippen LogP contribution in [0.1, 0.15) is 53.9 Å². The van der Waals surface area contributed by atoms with Gasteiger partial charge in [0.1, 0.15) is 11.5 Å². The highest BCUT2D eigenvalue weighted by Crippen LogP contribution is 2.34. The number of rotatable bonds is 3. The Balaban J connectivity index is 1.50. The summed E-state index contributed by atoms with van der Waals surface area (Å²) in [4.78, 5) is 17.1. The number of furan rings is 1. The van der Waals surface area contributed by atoms with E-state index in [1.807, 2.05) is 30.3 Å². The first-order chi connectivity index (χ1) is 12.3. The van der Waals surface area contributed by atoms with Gasteiger partial charge in [-0.05, 0) is 43.7 Å². The Morgan fingerprint density at radius 1 is 1.00 bits per heavy atom. The molecule has 0 amide bonds. The van der Waals surface area contributed by atoms with Gasteiger partial charge in [0.05, 0.1) is 5.71 Å². The predicted molar refractivity (Wildman–Crippen MR) is 96.4 cm³/mol. The molecule has 0 fully saturated rings. The second-order valence-corrected chi connectivity index (χ2v) is 6.55. The molecule has 128 valence electrons. The number of hydrogen-bond acceptors (Lipinski definition) is 4. The number of fused-ring (bicyclic) bond motifs is 3. The van der Waals surface area contributed by atoms with E-state index in [1.54, 1.807) is 6.08 Å². The largest absolute Gasteiger partial charge is 0.465 e. The predicted octanol–water partition coefficient (Wildman–Crippen LogP) is 4.46. The average molecular weight is 335 g/mol. The van der Waals surface area contributed by atoms with Crippen molar-refractivity contribution in [2.75, 3.05) is 0 Å². The van der Waals surface area contributed by atoms with Crippen LogP contribution in [0.2, 0.25) is 0 Å². The van der Waals surface area contributed by atoms with Gasteiger partial charge in [0, 0.05) is 30.0 Å². The van der Waals surface area contributed by atoms with Gasteiger partial charge >= 0.3 is 5.97 Å². The van der Waals surface area contributed by atoms with Crippen LogP contribution in [0, 0.1) is 0 Å². The lowest BCUT2D eigenvalue weighted by Crippen LogP contribution is -2.14. The molecular weight excluding hydrogens is 314 g/mol. The molecule has 0 unspecified atom stereocenters. The Morgan fingerprint density at radius 2 is 1.80 bits per heavy atom. The number of carbonyl (C=O) groups excluding carboxylic acids is 1. The van der Waals surface area contributed by atoms with Crippen molar-refractivity contribution < 1.29 is 14.0 Å². The van der Waals surface area contributed by atoms with E-state index in [0.717, 1.165) is 60.5 Å². The molecule has 1 aromatic carbocycles. The van der Waals surface area contributed by atoms with Crippen molar-refractivity contribution in [2.45, 2.75) is 44.9 Å². The van der Waals surface area contributed by atoms with Gasteiger partial charge in [-0.15, -0.1) is 0 Å². The number of nitrogens with zero attached hydrogens (tertiary/aromatic N) is 1. The first kappa shape index (κ1) is 15.9. The zero-order valence-electron chi connectivity index (χ0n) is 14.2. The first-order valence-corrected chi connectivity index (χ1v) is 8.96. The van der Waals surface area contributed by atoms with Crippen LogP contribution >= 0.6 is 0 Å². The highest BCUT2D eigenvalue weighted by molar-refractivity contribution is 6.04. The number of hydrogen-bond donors (Lipinski definition) is 0. The highest BCUT2D eigenvalue weighted by Gasteiger charge is 2.28. The van der Waals surface area contributed by atoms with Crippen LogP contribution in [-0.2, 0) is 28.9 Å². The molecule has 0 N–H and O–H groups in total. The zero-order valence-corrected chi connectivity index (χ0v) is 14.2. The lowest BCUT2D eigenvalue weighted by molar-refractivity contribution is -0.137. The van der Waals surface area contributed by atoms with E-state index in [0.29, 0.717) is 0 Å². The van der Waals surface area contributed by atoms with Gasteiger partial charge in [0.15, 0.2) is 0 Å². The van der Waals surface area contributed by atoms with Gasteiger partial charge in [-0.3, -0.25) is 0 Å². The summed E-state index contributed by atoms with van der Waals surface area (Å²) in [6.45, 7) is 0. The molecule has 2 aliphatic rings. The zero-order chi connectivity index (χ0) is 17.1. The molecule has 0 radical (unpaired) electrons. The molecule has 25 heavy (non-hydrogen) atoms. The third kappa shape index (κ3) is 3.43. The van der Waals surface area contributed by atoms with Crippen LogP contribution in [0.15, 0.2) is 46.0 Å². The van der Waals surface area contributed by atoms with Gasteiger partial charge < -0.3 is 9.25 Å². The highest BCUT2D eigenvalue weighted by atomic mass is 16.7. The summed E-state index contributed by atoms with van der Waals surface area (Å²) < 4.78 is 6.04. The molecule has 0 saturated carbocycles. The van der Waals surface area contributed by atoms with Crippen molar-refractivity contribution in [1.82, 2.24) is 0 Å². The second-order valence-electron chi connectivity index (χ2n) is 6.55. The maximum atomic E-state index is 12.0. The van der Waals surface area contributed by atoms with E-state index in [2.05, 4.69) is 5.16 Å². The average Bonchev–Trinajstić information content (AvgIpc) is 3.04. The lowest BCUT2D eigenvalue weighted by Gasteiger charge is -2.15. The quantitative estimate of drug-likeness (QED) is 0.473. The van der Waals surface area contributed by atoms with Gasteiger partial charge in [0.2, 0.25) is 0 Å². The number of carbonyl (C=O) groups is 1. The molecule has 1 aromatic heterocycles. The Morgan fingerprint density at radius 3 is 2.68 bits per heavy atom. The summed E-state index contributed by atoms with van der Waals surface area (Å²) in [6.07, 6.45) is 10.3. The van der Waals surface area contributed by atoms with Crippen LogP contribution in [0.4, 0.5) is 0 Å². The topological polar surface area (TPSA) is 51.8 Å². The third-order valence-corrected chi connectivity index (χ3v) is 4.81. The van der Waals surface area contributed by atoms with Crippen molar-refractivity contribution in [3.05, 3.63) is 64.6 Å². The SMILES string of the molecule is O=C(/C=C/c1ccccc1)O/N=C1/CCCc2oc3c(c21)CCCC3. The smallest absolute Gasteiger partial charge is 0.358 e. The van der Waals surface area contributed by atoms with E-state index >= 15 is 0 Å². The standard InChI is InChI=1S/C21H21NO3/c23-20(14-13-15-7-2-1-3-8-15)25-22-17-10-6-12-19-21(17)16-9-4-5-11-18(16)24-19/h1-3,7-8,13-14H,4-6,9-12H2/b14-13+,22-17-. The minimum absolute atomic E-state index is 0.458. The van der Waals surface area contributed by atoms with E-state index < -0.39 is 5.97 Å². The summed E-state index contributed by atoms with van der Waals surface area (Å²) in [5.41, 5.74) is 4.21. The normalized spacial score (nSPS) is 18.2. The summed E-state index contributed by atoms with van der Waals surface area (Å²) in [6, 6.07) is 9.66. The maximum absolute atomic E-state index is 12.0. The maximum Gasteiger partial charge on any atom is 0.358 e. The molecule has 0 saturated heterocycles. The molecule has 0 aliphatic heterocycles. The molecule has 0 atom stereocenters. The van der Waals surface area contributed by atoms with E-state index in [-0.39, 0.29) is 0 Å². The van der Waals surface area contributed by atoms with Crippen molar-refractivity contribution in [1.29, 1.82) is 0 Å². The number of benzene rings is 1. The van der Waals surface area contributed by atoms with Gasteiger partial charge in [0.25, 0.3) is 0 Å². The van der Waals surface area contributed by atoms with Crippen LogP contribution in [0.3, 0.4) is 0 Å². The van der Waals surface area contributed by atoms with Gasteiger partial charge in [-0.2, -0.15) is 0 Å². The van der Waals surface area contributed by atoms with Crippen molar-refractivity contribution in [2.24, 2.45) is 5.16 Å². The van der Waals surface area contributed by atoms with Crippen molar-refractivity contribution >= 4 is 17.8 Å². The molecule has 2 aliphatic carbocycles. The molecule has 4 rings (SSSR count). The minimum atomic E-state index is -0.458. The number of aryl methyl sites for hydroxylation is 2. The van der Waals surface area contributed by atoms with Crippen molar-refractivity contribution in [3.63, 3.8) is 0 Å². The summed E-state index contributed by atoms with van der Waals surface area (Å²) >= 11 is 0. The molecular formula is C21H21NO3. The molecule has 0 bridgehead atoms. The second kappa shape index (κ2) is 7.09. The summed E-state index contributed by atoms with van der Waals surface area (Å²) in [5, 5.41) is 4.17. The Bertz CT molecular complexity index is 830. The first-order valence-electron chi connectivity index (χ1n) is 8.96. The third-order valence-electron chi connectivity index (χ3n) is 4.81. The monoisotopic (exact) mass is 335 g/mol. The molecule has 0 spiro atoms. The molecule has 1 heterocycles. The van der Waals surface area contributed by atoms with E-state index in [1.165, 1.54) is 24.5 Å². The van der Waals surface area contributed by atoms with Crippen LogP contribution in [-0.4, -0.2) is 11.7 Å². The molecule has 4 nitrogen and oxygen atoms in total. The van der Waals surface area contributed by atoms with Crippen LogP contribution in [0.25, 0.3) is 6.08 Å². The number of oxime groups is 1. The van der Waals surface area contributed by atoms with Crippen LogP contribution in [0.5, 0.6) is 0 Å². The minimum Gasteiger partial charge on any atom is -0.465 e. The fourth-order valence-electron chi connectivity index (χ4n) is 3.63. The van der Waals surface area contributed by atoms with Crippen LogP contribution < -0.4 is 0 Å². The Kier molecular flexibility index (Phi) is 4.51. The van der Waals surface area contributed by atoms with Crippen molar-refractivity contribution in [3.8, 4) is 0 Å². The summed E-state index contributed by atoms with van der Waals surface area (Å²) in [7, 11) is 0.